The first-order chi connectivity index (χ1) is 31.9. The molecule has 0 unspecified atom stereocenters. The van der Waals surface area contributed by atoms with Gasteiger partial charge < -0.3 is 0 Å². The molecule has 65 heavy (non-hydrogen) atoms. The maximum absolute atomic E-state index is 5.18. The third kappa shape index (κ3) is 6.68. The fourth-order valence-corrected chi connectivity index (χ4v) is 10.4. The summed E-state index contributed by atoms with van der Waals surface area (Å²) in [5, 5.41) is 2.39. The van der Waals surface area contributed by atoms with Crippen LogP contribution in [0.5, 0.6) is 0 Å². The summed E-state index contributed by atoms with van der Waals surface area (Å²) in [5.41, 5.74) is 16.0. The molecule has 0 radical (unpaired) electrons. The van der Waals surface area contributed by atoms with Gasteiger partial charge in [0.1, 0.15) is 17.2 Å². The Balaban J connectivity index is 1.18. The largest absolute Gasteiger partial charge is 0.294 e. The topological polar surface area (TPSA) is 26.6 Å². The van der Waals surface area contributed by atoms with E-state index in [1.54, 1.807) is 0 Å². The van der Waals surface area contributed by atoms with Crippen LogP contribution in [0.2, 0.25) is 0 Å². The van der Waals surface area contributed by atoms with Gasteiger partial charge in [-0.25, -0.2) is 4.98 Å². The molecule has 0 aliphatic heterocycles. The molecule has 0 fully saturated rings. The van der Waals surface area contributed by atoms with Crippen LogP contribution in [0.15, 0.2) is 225 Å². The molecular weight excluding hydrogens is 789 g/mol. The van der Waals surface area contributed by atoms with E-state index in [4.69, 9.17) is 4.98 Å². The van der Waals surface area contributed by atoms with Crippen molar-refractivity contribution in [2.24, 2.45) is 0 Å². The van der Waals surface area contributed by atoms with Crippen LogP contribution in [0.3, 0.4) is 0 Å². The zero-order valence-electron chi connectivity index (χ0n) is 37.3. The number of benzene rings is 8. The number of para-hydroxylation sites is 4. The Morgan fingerprint density at radius 3 is 1.72 bits per heavy atom. The lowest BCUT2D eigenvalue weighted by Crippen LogP contribution is -2.31. The second-order valence-corrected chi connectivity index (χ2v) is 17.8. The van der Waals surface area contributed by atoms with Gasteiger partial charge in [0.05, 0.1) is 16.4 Å². The number of aromatic nitrogens is 4. The SMILES string of the molecule is CC(C)c1cccc(C(C)C)c1-c1ccnc(-n2c3ccccc3c3ccc(C(c4ccccc4)(c4ccccc4)c4cccc(-n5c[n+](-c6ccccc6)c6ccccc65)c4)cc32)c1. The minimum absolute atomic E-state index is 0.375. The molecule has 0 saturated carbocycles. The first-order valence-corrected chi connectivity index (χ1v) is 22.8. The lowest BCUT2D eigenvalue weighted by molar-refractivity contribution is -0.567. The van der Waals surface area contributed by atoms with E-state index < -0.39 is 5.41 Å². The van der Waals surface area contributed by atoms with E-state index in [1.807, 2.05) is 6.20 Å². The predicted molar refractivity (Wildman–Crippen MR) is 269 cm³/mol. The van der Waals surface area contributed by atoms with E-state index in [0.29, 0.717) is 11.8 Å². The molecule has 0 aliphatic rings. The van der Waals surface area contributed by atoms with Crippen molar-refractivity contribution in [3.8, 4) is 28.3 Å². The lowest BCUT2D eigenvalue weighted by Gasteiger charge is -2.37. The average molecular weight is 840 g/mol. The Morgan fingerprint density at radius 1 is 0.462 bits per heavy atom. The van der Waals surface area contributed by atoms with Gasteiger partial charge in [-0.05, 0) is 117 Å². The molecule has 0 atom stereocenters. The maximum Gasteiger partial charge on any atom is 0.255 e. The summed E-state index contributed by atoms with van der Waals surface area (Å²) in [5.74, 6) is 1.65. The smallest absolute Gasteiger partial charge is 0.255 e. The minimum Gasteiger partial charge on any atom is -0.294 e. The van der Waals surface area contributed by atoms with Crippen molar-refractivity contribution in [2.75, 3.05) is 0 Å². The molecule has 3 aromatic heterocycles. The van der Waals surface area contributed by atoms with Gasteiger partial charge in [0, 0.05) is 17.0 Å². The zero-order chi connectivity index (χ0) is 44.1. The summed E-state index contributed by atoms with van der Waals surface area (Å²) in [6.07, 6.45) is 4.22. The van der Waals surface area contributed by atoms with Crippen molar-refractivity contribution < 1.29 is 4.57 Å². The summed E-state index contributed by atoms with van der Waals surface area (Å²) in [4.78, 5) is 5.18. The molecule has 4 nitrogen and oxygen atoms in total. The Bertz CT molecular complexity index is 3420. The first kappa shape index (κ1) is 40.0. The zero-order valence-corrected chi connectivity index (χ0v) is 37.3. The molecule has 4 heteroatoms. The Kier molecular flexibility index (Phi) is 10.1. The Morgan fingerprint density at radius 2 is 1.03 bits per heavy atom. The third-order valence-electron chi connectivity index (χ3n) is 13.4. The molecule has 3 heterocycles. The van der Waals surface area contributed by atoms with E-state index in [2.05, 4.69) is 260 Å². The molecule has 8 aromatic carbocycles. The highest BCUT2D eigenvalue weighted by Crippen LogP contribution is 2.47. The van der Waals surface area contributed by atoms with Crippen molar-refractivity contribution in [1.29, 1.82) is 0 Å². The number of fused-ring (bicyclic) bond motifs is 4. The van der Waals surface area contributed by atoms with E-state index in [-0.39, 0.29) is 0 Å². The number of pyridine rings is 1. The Labute approximate surface area is 381 Å². The van der Waals surface area contributed by atoms with Crippen molar-refractivity contribution in [1.82, 2.24) is 14.1 Å². The number of nitrogens with zero attached hydrogens (tertiary/aromatic N) is 4. The highest BCUT2D eigenvalue weighted by Gasteiger charge is 2.39. The van der Waals surface area contributed by atoms with Gasteiger partial charge in [0.25, 0.3) is 6.33 Å². The summed E-state index contributed by atoms with van der Waals surface area (Å²) in [7, 11) is 0. The molecule has 11 aromatic rings. The van der Waals surface area contributed by atoms with Gasteiger partial charge in [0.15, 0.2) is 11.0 Å². The quantitative estimate of drug-likeness (QED) is 0.0995. The van der Waals surface area contributed by atoms with E-state index >= 15 is 0 Å². The molecule has 0 spiro atoms. The standard InChI is InChI=1S/C61H51N4/c1-42(2)51-29-19-30-52(43(3)4)60(51)44-36-37-62-59(38-44)65-55-31-15-14-28-53(55)54-35-34-48(40-58(54)65)61(45-20-8-5-9-21-45,46-22-10-6-11-23-46)47-24-18-27-50(39-47)64-41-63(49-25-12-7-13-26-49)56-32-16-17-33-57(56)64/h5-43H,1-4H3/q+1. The third-order valence-corrected chi connectivity index (χ3v) is 13.4. The molecule has 0 N–H and O–H groups in total. The molecule has 0 bridgehead atoms. The van der Waals surface area contributed by atoms with Crippen molar-refractivity contribution in [2.45, 2.75) is 44.9 Å². The van der Waals surface area contributed by atoms with Gasteiger partial charge in [-0.15, -0.1) is 0 Å². The van der Waals surface area contributed by atoms with Gasteiger partial charge in [0.2, 0.25) is 0 Å². The minimum atomic E-state index is -0.704. The summed E-state index contributed by atoms with van der Waals surface area (Å²) in [6.45, 7) is 9.18. The molecule has 0 saturated heterocycles. The van der Waals surface area contributed by atoms with Crippen LogP contribution in [-0.4, -0.2) is 14.1 Å². The maximum atomic E-state index is 5.18. The number of imidazole rings is 1. The van der Waals surface area contributed by atoms with Crippen LogP contribution in [-0.2, 0) is 5.41 Å². The van der Waals surface area contributed by atoms with Crippen LogP contribution in [0.1, 0.15) is 72.9 Å². The molecule has 314 valence electrons. The monoisotopic (exact) mass is 839 g/mol. The van der Waals surface area contributed by atoms with Crippen LogP contribution < -0.4 is 4.57 Å². The first-order valence-electron chi connectivity index (χ1n) is 22.8. The summed E-state index contributed by atoms with van der Waals surface area (Å²) in [6, 6.07) is 77.7. The lowest BCUT2D eigenvalue weighted by atomic mass is 9.65. The molecule has 0 amide bonds. The van der Waals surface area contributed by atoms with Crippen LogP contribution in [0.4, 0.5) is 0 Å². The number of hydrogen-bond donors (Lipinski definition) is 0. The van der Waals surface area contributed by atoms with Crippen molar-refractivity contribution in [3.05, 3.63) is 258 Å². The van der Waals surface area contributed by atoms with E-state index in [1.165, 1.54) is 55.3 Å². The van der Waals surface area contributed by atoms with Crippen LogP contribution in [0.25, 0.3) is 61.2 Å². The van der Waals surface area contributed by atoms with Crippen LogP contribution >= 0.6 is 0 Å². The highest BCUT2D eigenvalue weighted by atomic mass is 15.1. The predicted octanol–water partition coefficient (Wildman–Crippen LogP) is 14.7. The second kappa shape index (κ2) is 16.4. The normalized spacial score (nSPS) is 12.0. The summed E-state index contributed by atoms with van der Waals surface area (Å²) < 4.78 is 7.00. The van der Waals surface area contributed by atoms with E-state index in [9.17, 15) is 0 Å². The van der Waals surface area contributed by atoms with Gasteiger partial charge in [-0.1, -0.05) is 179 Å². The van der Waals surface area contributed by atoms with Gasteiger partial charge in [-0.3, -0.25) is 4.57 Å². The second-order valence-electron chi connectivity index (χ2n) is 17.8. The Hall–Kier alpha value is -7.82. The van der Waals surface area contributed by atoms with Gasteiger partial charge >= 0.3 is 0 Å². The fourth-order valence-electron chi connectivity index (χ4n) is 10.4. The fraction of sp³-hybridized carbons (Fsp3) is 0.115. The molecule has 11 rings (SSSR count). The van der Waals surface area contributed by atoms with Crippen molar-refractivity contribution >= 4 is 32.8 Å². The summed E-state index contributed by atoms with van der Waals surface area (Å²) >= 11 is 0. The van der Waals surface area contributed by atoms with Crippen molar-refractivity contribution in [3.63, 3.8) is 0 Å². The number of hydrogen-bond acceptors (Lipinski definition) is 1. The molecule has 0 aliphatic carbocycles. The van der Waals surface area contributed by atoms with Gasteiger partial charge in [-0.2, -0.15) is 9.13 Å². The van der Waals surface area contributed by atoms with E-state index in [0.717, 1.165) is 39.3 Å². The number of rotatable bonds is 10. The molecular formula is C61H51N4+. The average Bonchev–Trinajstić information content (AvgIpc) is 3.91. The van der Waals surface area contributed by atoms with Crippen LogP contribution in [0, 0.1) is 0 Å². The highest BCUT2D eigenvalue weighted by molar-refractivity contribution is 6.09.